The fourth-order valence-corrected chi connectivity index (χ4v) is 3.04. The van der Waals surface area contributed by atoms with Gasteiger partial charge >= 0.3 is 0 Å². The Hall–Kier alpha value is -0.610. The lowest BCUT2D eigenvalue weighted by molar-refractivity contribution is -0.124. The van der Waals surface area contributed by atoms with E-state index in [0.717, 1.165) is 25.4 Å². The van der Waals surface area contributed by atoms with Crippen molar-refractivity contribution in [2.24, 2.45) is 11.7 Å². The third kappa shape index (κ3) is 5.49. The van der Waals surface area contributed by atoms with E-state index in [1.165, 1.54) is 25.7 Å². The van der Waals surface area contributed by atoms with Crippen LogP contribution in [0, 0.1) is 5.92 Å². The lowest BCUT2D eigenvalue weighted by Gasteiger charge is -2.32. The Labute approximate surface area is 118 Å². The molecule has 0 aromatic heterocycles. The van der Waals surface area contributed by atoms with Gasteiger partial charge in [-0.05, 0) is 53.0 Å². The molecule has 1 saturated carbocycles. The molecule has 0 aliphatic heterocycles. The number of amides is 1. The molecule has 0 heterocycles. The molecule has 1 fully saturated rings. The highest BCUT2D eigenvalue weighted by molar-refractivity contribution is 5.84. The first-order chi connectivity index (χ1) is 8.83. The lowest BCUT2D eigenvalue weighted by atomic mass is 9.95. The second kappa shape index (κ2) is 7.25. The summed E-state index contributed by atoms with van der Waals surface area (Å²) in [5.74, 6) is 0.596. The van der Waals surface area contributed by atoms with E-state index < -0.39 is 5.54 Å². The SMILES string of the molecule is CC(C)NC(C)(CCN(C)CC1CCCC1)C(N)=O. The van der Waals surface area contributed by atoms with E-state index in [-0.39, 0.29) is 11.9 Å². The summed E-state index contributed by atoms with van der Waals surface area (Å²) in [7, 11) is 2.15. The van der Waals surface area contributed by atoms with Crippen molar-refractivity contribution in [1.29, 1.82) is 0 Å². The van der Waals surface area contributed by atoms with Gasteiger partial charge in [-0.15, -0.1) is 0 Å². The highest BCUT2D eigenvalue weighted by Gasteiger charge is 2.31. The highest BCUT2D eigenvalue weighted by Crippen LogP contribution is 2.25. The number of hydrogen-bond donors (Lipinski definition) is 2. The third-order valence-corrected chi connectivity index (χ3v) is 4.19. The fraction of sp³-hybridized carbons (Fsp3) is 0.933. The van der Waals surface area contributed by atoms with Crippen molar-refractivity contribution in [3.05, 3.63) is 0 Å². The van der Waals surface area contributed by atoms with Crippen LogP contribution in [0.3, 0.4) is 0 Å². The maximum absolute atomic E-state index is 11.7. The van der Waals surface area contributed by atoms with Gasteiger partial charge in [0.15, 0.2) is 0 Å². The predicted molar refractivity (Wildman–Crippen MR) is 79.9 cm³/mol. The Bertz CT molecular complexity index is 287. The van der Waals surface area contributed by atoms with Gasteiger partial charge < -0.3 is 16.0 Å². The summed E-state index contributed by atoms with van der Waals surface area (Å²) in [6.07, 6.45) is 6.26. The van der Waals surface area contributed by atoms with Crippen molar-refractivity contribution in [3.63, 3.8) is 0 Å². The molecule has 112 valence electrons. The summed E-state index contributed by atoms with van der Waals surface area (Å²) in [6, 6.07) is 0.262. The standard InChI is InChI=1S/C15H31N3O/c1-12(2)17-15(3,14(16)19)9-10-18(4)11-13-7-5-6-8-13/h12-13,17H,5-11H2,1-4H3,(H2,16,19). The van der Waals surface area contributed by atoms with Crippen LogP contribution in [0.25, 0.3) is 0 Å². The van der Waals surface area contributed by atoms with Gasteiger partial charge in [-0.25, -0.2) is 0 Å². The number of carbonyl (C=O) groups excluding carboxylic acids is 1. The molecule has 1 atom stereocenters. The van der Waals surface area contributed by atoms with Crippen molar-refractivity contribution in [2.45, 2.75) is 64.5 Å². The van der Waals surface area contributed by atoms with Crippen LogP contribution in [-0.2, 0) is 4.79 Å². The summed E-state index contributed by atoms with van der Waals surface area (Å²) in [6.45, 7) is 8.07. The molecular formula is C15H31N3O. The van der Waals surface area contributed by atoms with Crippen molar-refractivity contribution in [3.8, 4) is 0 Å². The van der Waals surface area contributed by atoms with E-state index in [0.29, 0.717) is 0 Å². The molecule has 4 heteroatoms. The minimum absolute atomic E-state index is 0.254. The summed E-state index contributed by atoms with van der Waals surface area (Å²) in [5, 5.41) is 3.30. The van der Waals surface area contributed by atoms with E-state index in [1.807, 2.05) is 20.8 Å². The molecule has 4 nitrogen and oxygen atoms in total. The van der Waals surface area contributed by atoms with Crippen LogP contribution in [0.5, 0.6) is 0 Å². The Morgan fingerprint density at radius 3 is 2.47 bits per heavy atom. The van der Waals surface area contributed by atoms with Crippen LogP contribution in [0.15, 0.2) is 0 Å². The third-order valence-electron chi connectivity index (χ3n) is 4.19. The first kappa shape index (κ1) is 16.4. The van der Waals surface area contributed by atoms with Gasteiger partial charge in [0.1, 0.15) is 0 Å². The van der Waals surface area contributed by atoms with E-state index in [4.69, 9.17) is 5.73 Å². The van der Waals surface area contributed by atoms with Crippen LogP contribution >= 0.6 is 0 Å². The van der Waals surface area contributed by atoms with Crippen molar-refractivity contribution < 1.29 is 4.79 Å². The van der Waals surface area contributed by atoms with E-state index in [9.17, 15) is 4.79 Å². The summed E-state index contributed by atoms with van der Waals surface area (Å²) < 4.78 is 0. The molecule has 0 aromatic carbocycles. The van der Waals surface area contributed by atoms with Crippen LogP contribution in [0.4, 0.5) is 0 Å². The molecule has 19 heavy (non-hydrogen) atoms. The van der Waals surface area contributed by atoms with Gasteiger partial charge in [0.2, 0.25) is 5.91 Å². The second-order valence-corrected chi connectivity index (χ2v) is 6.66. The molecule has 0 radical (unpaired) electrons. The number of carbonyl (C=O) groups is 1. The Morgan fingerprint density at radius 2 is 2.00 bits per heavy atom. The quantitative estimate of drug-likeness (QED) is 0.705. The first-order valence-corrected chi connectivity index (χ1v) is 7.59. The number of rotatable bonds is 8. The van der Waals surface area contributed by atoms with Gasteiger partial charge in [0.05, 0.1) is 5.54 Å². The maximum atomic E-state index is 11.7. The highest BCUT2D eigenvalue weighted by atomic mass is 16.1. The fourth-order valence-electron chi connectivity index (χ4n) is 3.04. The summed E-state index contributed by atoms with van der Waals surface area (Å²) >= 11 is 0. The van der Waals surface area contributed by atoms with E-state index in [2.05, 4.69) is 17.3 Å². The van der Waals surface area contributed by atoms with Crippen LogP contribution < -0.4 is 11.1 Å². The monoisotopic (exact) mass is 269 g/mol. The number of hydrogen-bond acceptors (Lipinski definition) is 3. The number of nitrogens with two attached hydrogens (primary N) is 1. The Kier molecular flexibility index (Phi) is 6.27. The van der Waals surface area contributed by atoms with E-state index >= 15 is 0 Å². The maximum Gasteiger partial charge on any atom is 0.237 e. The minimum Gasteiger partial charge on any atom is -0.368 e. The smallest absolute Gasteiger partial charge is 0.237 e. The zero-order valence-electron chi connectivity index (χ0n) is 13.0. The van der Waals surface area contributed by atoms with Crippen LogP contribution in [0.2, 0.25) is 0 Å². The van der Waals surface area contributed by atoms with E-state index in [1.54, 1.807) is 0 Å². The van der Waals surface area contributed by atoms with Gasteiger partial charge in [0, 0.05) is 19.1 Å². The van der Waals surface area contributed by atoms with Crippen molar-refractivity contribution >= 4 is 5.91 Å². The second-order valence-electron chi connectivity index (χ2n) is 6.66. The molecule has 0 saturated heterocycles. The summed E-state index contributed by atoms with van der Waals surface area (Å²) in [5.41, 5.74) is 4.95. The molecule has 1 aliphatic rings. The molecular weight excluding hydrogens is 238 g/mol. The molecule has 1 aliphatic carbocycles. The average Bonchev–Trinajstić information content (AvgIpc) is 2.78. The van der Waals surface area contributed by atoms with Crippen LogP contribution in [-0.4, -0.2) is 42.5 Å². The first-order valence-electron chi connectivity index (χ1n) is 7.59. The number of nitrogens with one attached hydrogen (secondary N) is 1. The average molecular weight is 269 g/mol. The molecule has 0 bridgehead atoms. The number of nitrogens with zero attached hydrogens (tertiary/aromatic N) is 1. The normalized spacial score (nSPS) is 20.1. The number of primary amides is 1. The van der Waals surface area contributed by atoms with Gasteiger partial charge in [-0.2, -0.15) is 0 Å². The molecule has 1 amide bonds. The molecule has 3 N–H and O–H groups in total. The molecule has 0 spiro atoms. The lowest BCUT2D eigenvalue weighted by Crippen LogP contribution is -2.56. The Morgan fingerprint density at radius 1 is 1.42 bits per heavy atom. The topological polar surface area (TPSA) is 58.4 Å². The van der Waals surface area contributed by atoms with Gasteiger partial charge in [-0.1, -0.05) is 12.8 Å². The van der Waals surface area contributed by atoms with Gasteiger partial charge in [-0.3, -0.25) is 4.79 Å². The zero-order chi connectivity index (χ0) is 14.5. The molecule has 0 aromatic rings. The van der Waals surface area contributed by atoms with Crippen molar-refractivity contribution in [1.82, 2.24) is 10.2 Å². The molecule has 1 rings (SSSR count). The zero-order valence-corrected chi connectivity index (χ0v) is 13.0. The minimum atomic E-state index is -0.599. The molecule has 1 unspecified atom stereocenters. The Balaban J connectivity index is 2.39. The predicted octanol–water partition coefficient (Wildman–Crippen LogP) is 1.74. The van der Waals surface area contributed by atoms with Crippen LogP contribution in [0.1, 0.15) is 52.9 Å². The van der Waals surface area contributed by atoms with Gasteiger partial charge in [0.25, 0.3) is 0 Å². The largest absolute Gasteiger partial charge is 0.368 e. The summed E-state index contributed by atoms with van der Waals surface area (Å²) in [4.78, 5) is 14.0. The van der Waals surface area contributed by atoms with Crippen molar-refractivity contribution in [2.75, 3.05) is 20.1 Å².